The molecule has 7 nitrogen and oxygen atoms in total. The van der Waals surface area contributed by atoms with Crippen LogP contribution in [0.3, 0.4) is 0 Å². The predicted molar refractivity (Wildman–Crippen MR) is 123 cm³/mol. The maximum atomic E-state index is 15.2. The molecule has 0 fully saturated rings. The fraction of sp³-hybridized carbons (Fsp3) is 0.174. The van der Waals surface area contributed by atoms with Gasteiger partial charge in [-0.1, -0.05) is 6.07 Å². The van der Waals surface area contributed by atoms with Crippen LogP contribution in [0, 0.1) is 11.8 Å². The maximum Gasteiger partial charge on any atom is 0.573 e. The Morgan fingerprint density at radius 1 is 0.907 bits per heavy atom. The molecule has 0 unspecified atom stereocenters. The zero-order valence-electron chi connectivity index (χ0n) is 20.1. The number of halogens is 13. The van der Waals surface area contributed by atoms with E-state index in [1.165, 1.54) is 0 Å². The number of rotatable bonds is 6. The first-order chi connectivity index (χ1) is 19.6. The quantitative estimate of drug-likeness (QED) is 0.120. The number of nitrogens with zero attached hydrogens (tertiary/aromatic N) is 2. The fourth-order valence-electron chi connectivity index (χ4n) is 3.37. The summed E-state index contributed by atoms with van der Waals surface area (Å²) in [6.07, 6.45) is -18.6. The molecule has 2 N–H and O–H groups in total. The fourth-order valence-corrected chi connectivity index (χ4v) is 3.91. The van der Waals surface area contributed by atoms with E-state index in [9.17, 15) is 63.1 Å². The Hall–Kier alpha value is -4.07. The number of hydroxylamine groups is 1. The van der Waals surface area contributed by atoms with Crippen molar-refractivity contribution in [2.45, 2.75) is 24.4 Å². The highest BCUT2D eigenvalue weighted by Gasteiger charge is 2.73. The summed E-state index contributed by atoms with van der Waals surface area (Å²) in [4.78, 5) is 28.3. The molecule has 232 valence electrons. The SMILES string of the molecule is O=C(Nc1c(Br)cc(C(F)(C(F)(F)F)C(F)(F)F)cc1OC(F)(F)F)c1cccc(N(O)C(=O)c2ccc(F)nc2)c1F. The monoisotopic (exact) mass is 699 g/mol. The van der Waals surface area contributed by atoms with Crippen LogP contribution in [0.5, 0.6) is 5.75 Å². The van der Waals surface area contributed by atoms with Gasteiger partial charge in [0.2, 0.25) is 5.95 Å². The molecule has 0 saturated carbocycles. The Morgan fingerprint density at radius 2 is 1.51 bits per heavy atom. The first-order valence-electron chi connectivity index (χ1n) is 10.8. The summed E-state index contributed by atoms with van der Waals surface area (Å²) in [6.45, 7) is 0. The molecule has 0 spiro atoms. The first kappa shape index (κ1) is 33.4. The van der Waals surface area contributed by atoms with Crippen LogP contribution in [-0.2, 0) is 5.67 Å². The van der Waals surface area contributed by atoms with Crippen molar-refractivity contribution >= 4 is 39.1 Å². The molecule has 0 radical (unpaired) electrons. The van der Waals surface area contributed by atoms with Gasteiger partial charge in [-0.15, -0.1) is 13.2 Å². The molecular formula is C23H10BrF12N3O4. The number of hydrogen-bond donors (Lipinski definition) is 2. The van der Waals surface area contributed by atoms with Crippen molar-refractivity contribution in [1.29, 1.82) is 0 Å². The van der Waals surface area contributed by atoms with Crippen molar-refractivity contribution in [1.82, 2.24) is 4.98 Å². The molecule has 2 amide bonds. The second kappa shape index (κ2) is 11.5. The summed E-state index contributed by atoms with van der Waals surface area (Å²) in [5, 5.41) is 11.4. The molecule has 1 aromatic heterocycles. The number of benzene rings is 2. The number of pyridine rings is 1. The number of carbonyl (C=O) groups excluding carboxylic acids is 2. The first-order valence-corrected chi connectivity index (χ1v) is 11.5. The number of hydrogen-bond acceptors (Lipinski definition) is 5. The number of alkyl halides is 10. The molecule has 0 aliphatic carbocycles. The van der Waals surface area contributed by atoms with Gasteiger partial charge in [-0.25, -0.2) is 13.8 Å². The molecule has 3 rings (SSSR count). The topological polar surface area (TPSA) is 91.8 Å². The Bertz CT molecular complexity index is 1530. The average molecular weight is 700 g/mol. The summed E-state index contributed by atoms with van der Waals surface area (Å²) >= 11 is 2.36. The Labute approximate surface area is 238 Å². The Kier molecular flexibility index (Phi) is 8.98. The molecule has 0 bridgehead atoms. The standard InChI is InChI=1S/C23H10BrF12N3O4/c24-12-6-10(20(27,21(28,29)30)22(31,32)33)7-14(43-23(34,35)36)17(12)38-18(40)11-2-1-3-13(16(11)26)39(42)19(41)9-4-5-15(25)37-8-9/h1-8,42H,(H,38,40). The van der Waals surface area contributed by atoms with Crippen molar-refractivity contribution < 1.29 is 72.2 Å². The summed E-state index contributed by atoms with van der Waals surface area (Å²) in [5.74, 6) is -7.84. The van der Waals surface area contributed by atoms with Crippen LogP contribution in [-0.4, -0.2) is 40.7 Å². The van der Waals surface area contributed by atoms with Gasteiger partial charge in [0.1, 0.15) is 5.69 Å². The van der Waals surface area contributed by atoms with Gasteiger partial charge < -0.3 is 10.1 Å². The molecule has 0 atom stereocenters. The molecule has 43 heavy (non-hydrogen) atoms. The van der Waals surface area contributed by atoms with Gasteiger partial charge in [0.25, 0.3) is 11.8 Å². The third-order valence-corrected chi connectivity index (χ3v) is 5.94. The Morgan fingerprint density at radius 3 is 2.02 bits per heavy atom. The number of aromatic nitrogens is 1. The molecule has 1 heterocycles. The zero-order chi connectivity index (χ0) is 32.7. The molecule has 0 aliphatic heterocycles. The molecular weight excluding hydrogens is 690 g/mol. The van der Waals surface area contributed by atoms with Crippen molar-refractivity contribution in [2.75, 3.05) is 10.4 Å². The summed E-state index contributed by atoms with van der Waals surface area (Å²) in [6, 6.07) is 2.93. The molecule has 0 saturated heterocycles. The normalized spacial score (nSPS) is 12.6. The van der Waals surface area contributed by atoms with Crippen LogP contribution in [0.1, 0.15) is 26.3 Å². The van der Waals surface area contributed by atoms with Crippen LogP contribution in [0.2, 0.25) is 0 Å². The van der Waals surface area contributed by atoms with Gasteiger partial charge in [-0.05, 0) is 52.3 Å². The zero-order valence-corrected chi connectivity index (χ0v) is 21.7. The van der Waals surface area contributed by atoms with Crippen LogP contribution in [0.4, 0.5) is 64.1 Å². The van der Waals surface area contributed by atoms with E-state index in [0.717, 1.165) is 18.2 Å². The molecule has 20 heteroatoms. The number of anilines is 2. The second-order valence-corrected chi connectivity index (χ2v) is 8.97. The number of amides is 2. The van der Waals surface area contributed by atoms with Crippen molar-refractivity contribution in [3.63, 3.8) is 0 Å². The summed E-state index contributed by atoms with van der Waals surface area (Å²) < 4.78 is 163. The van der Waals surface area contributed by atoms with E-state index in [2.05, 4.69) is 25.7 Å². The van der Waals surface area contributed by atoms with Crippen LogP contribution < -0.4 is 15.1 Å². The minimum atomic E-state index is -6.73. The lowest BCUT2D eigenvalue weighted by Gasteiger charge is -2.31. The number of nitrogens with one attached hydrogen (secondary N) is 1. The lowest BCUT2D eigenvalue weighted by molar-refractivity contribution is -0.348. The van der Waals surface area contributed by atoms with Gasteiger partial charge in [-0.2, -0.15) is 35.8 Å². The van der Waals surface area contributed by atoms with Crippen LogP contribution >= 0.6 is 15.9 Å². The third-order valence-electron chi connectivity index (χ3n) is 5.32. The van der Waals surface area contributed by atoms with Gasteiger partial charge >= 0.3 is 24.4 Å². The van der Waals surface area contributed by atoms with Crippen LogP contribution in [0.25, 0.3) is 0 Å². The number of carbonyl (C=O) groups is 2. The van der Waals surface area contributed by atoms with Crippen molar-refractivity contribution in [2.24, 2.45) is 0 Å². The van der Waals surface area contributed by atoms with Crippen molar-refractivity contribution in [3.8, 4) is 5.75 Å². The highest BCUT2D eigenvalue weighted by atomic mass is 79.9. The molecule has 2 aromatic carbocycles. The second-order valence-electron chi connectivity index (χ2n) is 8.11. The van der Waals surface area contributed by atoms with E-state index in [1.54, 1.807) is 5.32 Å². The molecule has 3 aromatic rings. The maximum absolute atomic E-state index is 15.2. The average Bonchev–Trinajstić information content (AvgIpc) is 2.87. The highest BCUT2D eigenvalue weighted by molar-refractivity contribution is 9.10. The minimum Gasteiger partial charge on any atom is -0.404 e. The lowest BCUT2D eigenvalue weighted by atomic mass is 9.93. The van der Waals surface area contributed by atoms with Crippen molar-refractivity contribution in [3.05, 3.63) is 81.6 Å². The van der Waals surface area contributed by atoms with E-state index < -0.39 is 92.3 Å². The number of ether oxygens (including phenoxy) is 1. The minimum absolute atomic E-state index is 0.239. The summed E-state index contributed by atoms with van der Waals surface area (Å²) in [5.41, 5.74) is -12.6. The largest absolute Gasteiger partial charge is 0.573 e. The third kappa shape index (κ3) is 6.79. The van der Waals surface area contributed by atoms with Crippen LogP contribution in [0.15, 0.2) is 53.1 Å². The van der Waals surface area contributed by atoms with E-state index >= 15 is 4.39 Å². The Balaban J connectivity index is 2.07. The summed E-state index contributed by atoms with van der Waals surface area (Å²) in [7, 11) is 0. The predicted octanol–water partition coefficient (Wildman–Crippen LogP) is 7.60. The van der Waals surface area contributed by atoms with E-state index in [0.29, 0.717) is 18.3 Å². The van der Waals surface area contributed by atoms with Gasteiger partial charge in [0, 0.05) is 16.2 Å². The van der Waals surface area contributed by atoms with Gasteiger partial charge in [0.15, 0.2) is 11.6 Å². The lowest BCUT2D eigenvalue weighted by Crippen LogP contribution is -2.50. The molecule has 0 aliphatic rings. The van der Waals surface area contributed by atoms with Gasteiger partial charge in [-0.3, -0.25) is 14.8 Å². The highest BCUT2D eigenvalue weighted by Crippen LogP contribution is 2.55. The van der Waals surface area contributed by atoms with E-state index in [4.69, 9.17) is 0 Å². The van der Waals surface area contributed by atoms with E-state index in [1.807, 2.05) is 0 Å². The van der Waals surface area contributed by atoms with E-state index in [-0.39, 0.29) is 11.1 Å². The smallest absolute Gasteiger partial charge is 0.404 e. The van der Waals surface area contributed by atoms with Gasteiger partial charge in [0.05, 0.1) is 16.8 Å².